The van der Waals surface area contributed by atoms with E-state index < -0.39 is 5.97 Å². The van der Waals surface area contributed by atoms with Crippen LogP contribution in [0.1, 0.15) is 35.6 Å². The van der Waals surface area contributed by atoms with Crippen molar-refractivity contribution in [3.8, 4) is 16.3 Å². The highest BCUT2D eigenvalue weighted by Gasteiger charge is 2.16. The van der Waals surface area contributed by atoms with Crippen LogP contribution in [0, 0.1) is 0 Å². The van der Waals surface area contributed by atoms with Gasteiger partial charge in [0.25, 0.3) is 0 Å². The average molecular weight is 291 g/mol. The van der Waals surface area contributed by atoms with E-state index in [-0.39, 0.29) is 0 Å². The van der Waals surface area contributed by atoms with Gasteiger partial charge in [-0.25, -0.2) is 9.78 Å². The SMILES string of the molecule is CCCOc1ccc(-c2nc(CC)c(C(=O)O)s2)cc1. The van der Waals surface area contributed by atoms with Crippen LogP contribution in [0.2, 0.25) is 0 Å². The molecule has 1 aromatic heterocycles. The summed E-state index contributed by atoms with van der Waals surface area (Å²) in [6.07, 6.45) is 1.59. The first-order valence-corrected chi connectivity index (χ1v) is 7.43. The molecule has 1 heterocycles. The number of hydrogen-bond donors (Lipinski definition) is 1. The van der Waals surface area contributed by atoms with Crippen LogP contribution in [-0.4, -0.2) is 22.7 Å². The van der Waals surface area contributed by atoms with Gasteiger partial charge in [0, 0.05) is 5.56 Å². The third-order valence-corrected chi connectivity index (χ3v) is 3.94. The molecule has 2 rings (SSSR count). The molecule has 0 aliphatic rings. The van der Waals surface area contributed by atoms with Gasteiger partial charge in [0.1, 0.15) is 15.6 Å². The predicted molar refractivity (Wildman–Crippen MR) is 79.7 cm³/mol. The number of nitrogens with zero attached hydrogens (tertiary/aromatic N) is 1. The lowest BCUT2D eigenvalue weighted by atomic mass is 10.2. The molecule has 1 aromatic carbocycles. The fourth-order valence-electron chi connectivity index (χ4n) is 1.80. The first kappa shape index (κ1) is 14.5. The van der Waals surface area contributed by atoms with Gasteiger partial charge in [-0.2, -0.15) is 0 Å². The zero-order valence-corrected chi connectivity index (χ0v) is 12.4. The second kappa shape index (κ2) is 6.52. The largest absolute Gasteiger partial charge is 0.494 e. The van der Waals surface area contributed by atoms with Crippen molar-refractivity contribution >= 4 is 17.3 Å². The van der Waals surface area contributed by atoms with Crippen molar-refractivity contribution in [2.45, 2.75) is 26.7 Å². The summed E-state index contributed by atoms with van der Waals surface area (Å²) < 4.78 is 5.52. The van der Waals surface area contributed by atoms with Crippen molar-refractivity contribution in [2.75, 3.05) is 6.61 Å². The Morgan fingerprint density at radius 3 is 2.50 bits per heavy atom. The number of carbonyl (C=O) groups is 1. The van der Waals surface area contributed by atoms with Gasteiger partial charge >= 0.3 is 5.97 Å². The van der Waals surface area contributed by atoms with Crippen molar-refractivity contribution in [3.05, 3.63) is 34.8 Å². The molecule has 0 amide bonds. The highest BCUT2D eigenvalue weighted by atomic mass is 32.1. The third kappa shape index (κ3) is 3.17. The van der Waals surface area contributed by atoms with Crippen molar-refractivity contribution in [3.63, 3.8) is 0 Å². The Bertz CT molecular complexity index is 590. The van der Waals surface area contributed by atoms with Crippen LogP contribution in [0.5, 0.6) is 5.75 Å². The maximum absolute atomic E-state index is 11.1. The molecule has 0 bridgehead atoms. The van der Waals surface area contributed by atoms with Crippen LogP contribution >= 0.6 is 11.3 Å². The molecule has 4 nitrogen and oxygen atoms in total. The van der Waals surface area contributed by atoms with E-state index in [0.717, 1.165) is 22.7 Å². The van der Waals surface area contributed by atoms with E-state index in [2.05, 4.69) is 11.9 Å². The number of hydrogen-bond acceptors (Lipinski definition) is 4. The Morgan fingerprint density at radius 1 is 1.30 bits per heavy atom. The summed E-state index contributed by atoms with van der Waals surface area (Å²) in [7, 11) is 0. The first-order valence-electron chi connectivity index (χ1n) is 6.62. The molecular weight excluding hydrogens is 274 g/mol. The van der Waals surface area contributed by atoms with E-state index in [4.69, 9.17) is 9.84 Å². The average Bonchev–Trinajstić information content (AvgIpc) is 2.90. The molecule has 0 aliphatic carbocycles. The Balaban J connectivity index is 2.25. The highest BCUT2D eigenvalue weighted by Crippen LogP contribution is 2.29. The first-order chi connectivity index (χ1) is 9.65. The molecule has 0 saturated carbocycles. The third-order valence-electron chi connectivity index (χ3n) is 2.80. The van der Waals surface area contributed by atoms with Gasteiger partial charge < -0.3 is 9.84 Å². The number of aromatic nitrogens is 1. The fourth-order valence-corrected chi connectivity index (χ4v) is 2.79. The predicted octanol–water partition coefficient (Wildman–Crippen LogP) is 3.86. The normalized spacial score (nSPS) is 10.5. The molecule has 106 valence electrons. The van der Waals surface area contributed by atoms with Crippen LogP contribution in [0.4, 0.5) is 0 Å². The minimum atomic E-state index is -0.909. The number of aryl methyl sites for hydroxylation is 1. The summed E-state index contributed by atoms with van der Waals surface area (Å²) in [5.74, 6) is -0.0881. The van der Waals surface area contributed by atoms with Crippen molar-refractivity contribution in [1.82, 2.24) is 4.98 Å². The molecule has 1 N–H and O–H groups in total. The van der Waals surface area contributed by atoms with Gasteiger partial charge in [-0.1, -0.05) is 13.8 Å². The number of ether oxygens (including phenoxy) is 1. The van der Waals surface area contributed by atoms with E-state index in [1.54, 1.807) is 0 Å². The van der Waals surface area contributed by atoms with Crippen LogP contribution in [0.3, 0.4) is 0 Å². The minimum Gasteiger partial charge on any atom is -0.494 e. The number of thiazole rings is 1. The van der Waals surface area contributed by atoms with Crippen LogP contribution in [0.15, 0.2) is 24.3 Å². The second-order valence-corrected chi connectivity index (χ2v) is 5.33. The van der Waals surface area contributed by atoms with Crippen LogP contribution in [0.25, 0.3) is 10.6 Å². The van der Waals surface area contributed by atoms with Gasteiger partial charge in [0.2, 0.25) is 0 Å². The number of benzene rings is 1. The lowest BCUT2D eigenvalue weighted by Crippen LogP contribution is -1.97. The van der Waals surface area contributed by atoms with Crippen molar-refractivity contribution < 1.29 is 14.6 Å². The van der Waals surface area contributed by atoms with E-state index in [0.29, 0.717) is 23.6 Å². The van der Waals surface area contributed by atoms with Crippen molar-refractivity contribution in [2.24, 2.45) is 0 Å². The molecule has 0 aliphatic heterocycles. The number of carboxylic acid groups (broad SMARTS) is 1. The second-order valence-electron chi connectivity index (χ2n) is 4.33. The number of rotatable bonds is 6. The molecule has 20 heavy (non-hydrogen) atoms. The van der Waals surface area contributed by atoms with E-state index >= 15 is 0 Å². The molecule has 0 fully saturated rings. The smallest absolute Gasteiger partial charge is 0.347 e. The Kier molecular flexibility index (Phi) is 4.74. The quantitative estimate of drug-likeness (QED) is 0.878. The summed E-state index contributed by atoms with van der Waals surface area (Å²) in [6, 6.07) is 7.60. The number of carboxylic acids is 1. The summed E-state index contributed by atoms with van der Waals surface area (Å²) >= 11 is 1.22. The summed E-state index contributed by atoms with van der Waals surface area (Å²) in [4.78, 5) is 15.9. The highest BCUT2D eigenvalue weighted by molar-refractivity contribution is 7.17. The molecule has 5 heteroatoms. The van der Waals surface area contributed by atoms with Gasteiger partial charge in [0.15, 0.2) is 0 Å². The number of aromatic carboxylic acids is 1. The lowest BCUT2D eigenvalue weighted by Gasteiger charge is -2.04. The zero-order valence-electron chi connectivity index (χ0n) is 11.5. The van der Waals surface area contributed by atoms with E-state index in [9.17, 15) is 4.79 Å². The summed E-state index contributed by atoms with van der Waals surface area (Å²) in [5, 5.41) is 9.89. The van der Waals surface area contributed by atoms with Gasteiger partial charge in [-0.05, 0) is 37.1 Å². The maximum atomic E-state index is 11.1. The molecule has 0 radical (unpaired) electrons. The van der Waals surface area contributed by atoms with Gasteiger partial charge in [-0.3, -0.25) is 0 Å². The van der Waals surface area contributed by atoms with Gasteiger partial charge in [-0.15, -0.1) is 11.3 Å². The Labute approximate surface area is 122 Å². The molecule has 0 saturated heterocycles. The zero-order chi connectivity index (χ0) is 14.5. The summed E-state index contributed by atoms with van der Waals surface area (Å²) in [5.41, 5.74) is 1.56. The van der Waals surface area contributed by atoms with Crippen molar-refractivity contribution in [1.29, 1.82) is 0 Å². The van der Waals surface area contributed by atoms with Crippen LogP contribution < -0.4 is 4.74 Å². The minimum absolute atomic E-state index is 0.328. The molecule has 0 spiro atoms. The lowest BCUT2D eigenvalue weighted by molar-refractivity contribution is 0.0701. The molecule has 0 unspecified atom stereocenters. The van der Waals surface area contributed by atoms with E-state index in [1.165, 1.54) is 11.3 Å². The maximum Gasteiger partial charge on any atom is 0.347 e. The molecule has 2 aromatic rings. The fraction of sp³-hybridized carbons (Fsp3) is 0.333. The van der Waals surface area contributed by atoms with E-state index in [1.807, 2.05) is 31.2 Å². The van der Waals surface area contributed by atoms with Crippen LogP contribution in [-0.2, 0) is 6.42 Å². The topological polar surface area (TPSA) is 59.4 Å². The Hall–Kier alpha value is -1.88. The monoisotopic (exact) mass is 291 g/mol. The molecular formula is C15H17NO3S. The Morgan fingerprint density at radius 2 is 2.00 bits per heavy atom. The standard InChI is InChI=1S/C15H17NO3S/c1-3-9-19-11-7-5-10(6-8-11)14-16-12(4-2)13(20-14)15(17)18/h5-8H,3-4,9H2,1-2H3,(H,17,18). The van der Waals surface area contributed by atoms with Gasteiger partial charge in [0.05, 0.1) is 12.3 Å². The summed E-state index contributed by atoms with van der Waals surface area (Å²) in [6.45, 7) is 4.66. The molecule has 0 atom stereocenters.